The Morgan fingerprint density at radius 3 is 2.61 bits per heavy atom. The Morgan fingerprint density at radius 2 is 1.86 bits per heavy atom. The Balaban J connectivity index is 1.27. The lowest BCUT2D eigenvalue weighted by Crippen LogP contribution is -3.13. The summed E-state index contributed by atoms with van der Waals surface area (Å²) in [5.74, 6) is 2.39. The van der Waals surface area contributed by atoms with E-state index in [2.05, 4.69) is 28.1 Å². The van der Waals surface area contributed by atoms with Gasteiger partial charge in [0.25, 0.3) is 5.91 Å². The van der Waals surface area contributed by atoms with Crippen molar-refractivity contribution in [2.45, 2.75) is 19.6 Å². The zero-order chi connectivity index (χ0) is 19.5. The second kappa shape index (κ2) is 8.41. The van der Waals surface area contributed by atoms with E-state index in [1.807, 2.05) is 42.2 Å². The number of fused-ring (bicyclic) bond motifs is 1. The van der Waals surface area contributed by atoms with Crippen molar-refractivity contribution in [2.24, 2.45) is 0 Å². The molecule has 0 unspecified atom stereocenters. The normalized spacial score (nSPS) is 17.4. The van der Waals surface area contributed by atoms with Crippen molar-refractivity contribution in [1.29, 1.82) is 0 Å². The van der Waals surface area contributed by atoms with Gasteiger partial charge in [0.2, 0.25) is 6.79 Å². The van der Waals surface area contributed by atoms with E-state index in [1.165, 1.54) is 10.5 Å². The molecule has 0 aliphatic carbocycles. The number of hydrogen-bond donors (Lipinski definition) is 1. The molecule has 0 saturated carbocycles. The standard InChI is InChI=1S/C21H23BrN2O4/c1-15(28-18-5-3-17(22)4-6-18)21(25)24-10-8-23(9-11-24)13-16-2-7-19-20(12-16)27-14-26-19/h2-7,12,15H,8-11,13-14H2,1H3/p+1/t15-/m0/s1. The molecule has 0 spiro atoms. The number of carbonyl (C=O) groups is 1. The molecule has 2 aliphatic heterocycles. The molecule has 1 N–H and O–H groups in total. The van der Waals surface area contributed by atoms with Crippen LogP contribution in [0.5, 0.6) is 17.2 Å². The van der Waals surface area contributed by atoms with Crippen LogP contribution in [0.15, 0.2) is 46.9 Å². The number of benzene rings is 2. The molecule has 2 aliphatic rings. The Kier molecular flexibility index (Phi) is 5.73. The van der Waals surface area contributed by atoms with E-state index in [0.717, 1.165) is 48.7 Å². The summed E-state index contributed by atoms with van der Waals surface area (Å²) in [6.45, 7) is 6.36. The van der Waals surface area contributed by atoms with Gasteiger partial charge in [-0.25, -0.2) is 0 Å². The smallest absolute Gasteiger partial charge is 0.263 e. The van der Waals surface area contributed by atoms with Crippen molar-refractivity contribution in [3.63, 3.8) is 0 Å². The quantitative estimate of drug-likeness (QED) is 0.759. The van der Waals surface area contributed by atoms with Gasteiger partial charge in [-0.3, -0.25) is 4.79 Å². The van der Waals surface area contributed by atoms with E-state index in [9.17, 15) is 4.79 Å². The summed E-state index contributed by atoms with van der Waals surface area (Å²) in [5, 5.41) is 0. The van der Waals surface area contributed by atoms with Crippen LogP contribution in [0.25, 0.3) is 0 Å². The maximum atomic E-state index is 12.7. The predicted molar refractivity (Wildman–Crippen MR) is 108 cm³/mol. The molecule has 4 rings (SSSR count). The second-order valence-electron chi connectivity index (χ2n) is 7.15. The van der Waals surface area contributed by atoms with Crippen molar-refractivity contribution in [3.8, 4) is 17.2 Å². The third kappa shape index (κ3) is 4.42. The van der Waals surface area contributed by atoms with E-state index in [1.54, 1.807) is 0 Å². The fourth-order valence-electron chi connectivity index (χ4n) is 3.58. The van der Waals surface area contributed by atoms with Crippen molar-refractivity contribution in [3.05, 3.63) is 52.5 Å². The minimum atomic E-state index is -0.489. The average molecular weight is 448 g/mol. The zero-order valence-electron chi connectivity index (χ0n) is 15.8. The van der Waals surface area contributed by atoms with Crippen LogP contribution in [-0.4, -0.2) is 49.9 Å². The predicted octanol–water partition coefficient (Wildman–Crippen LogP) is 1.87. The fourth-order valence-corrected chi connectivity index (χ4v) is 3.85. The number of hydrogen-bond acceptors (Lipinski definition) is 4. The highest BCUT2D eigenvalue weighted by Crippen LogP contribution is 2.32. The first-order valence-corrected chi connectivity index (χ1v) is 10.3. The molecular formula is C21H24BrN2O4+. The summed E-state index contributed by atoms with van der Waals surface area (Å²) in [6, 6.07) is 13.7. The first-order valence-electron chi connectivity index (χ1n) is 9.51. The number of carbonyl (C=O) groups excluding carboxylic acids is 1. The molecular weight excluding hydrogens is 424 g/mol. The maximum absolute atomic E-state index is 12.7. The van der Waals surface area contributed by atoms with Gasteiger partial charge in [0.15, 0.2) is 17.6 Å². The monoisotopic (exact) mass is 447 g/mol. The number of halogens is 1. The molecule has 148 valence electrons. The molecule has 0 aromatic heterocycles. The molecule has 2 aromatic carbocycles. The van der Waals surface area contributed by atoms with Gasteiger partial charge < -0.3 is 24.0 Å². The van der Waals surface area contributed by atoms with Crippen LogP contribution in [0, 0.1) is 0 Å². The molecule has 2 aromatic rings. The molecule has 1 fully saturated rings. The van der Waals surface area contributed by atoms with E-state index < -0.39 is 6.10 Å². The van der Waals surface area contributed by atoms with E-state index >= 15 is 0 Å². The molecule has 6 nitrogen and oxygen atoms in total. The Hall–Kier alpha value is -2.25. The molecule has 28 heavy (non-hydrogen) atoms. The fraction of sp³-hybridized carbons (Fsp3) is 0.381. The maximum Gasteiger partial charge on any atom is 0.263 e. The minimum Gasteiger partial charge on any atom is -0.481 e. The van der Waals surface area contributed by atoms with Crippen LogP contribution in [-0.2, 0) is 11.3 Å². The van der Waals surface area contributed by atoms with Crippen LogP contribution in [0.2, 0.25) is 0 Å². The number of ether oxygens (including phenoxy) is 3. The molecule has 1 atom stereocenters. The lowest BCUT2D eigenvalue weighted by Gasteiger charge is -2.33. The SMILES string of the molecule is C[C@H](Oc1ccc(Br)cc1)C(=O)N1CC[NH+](Cc2ccc3c(c2)OCO3)CC1. The van der Waals surface area contributed by atoms with Crippen molar-refractivity contribution >= 4 is 21.8 Å². The zero-order valence-corrected chi connectivity index (χ0v) is 17.4. The van der Waals surface area contributed by atoms with Gasteiger partial charge in [0, 0.05) is 10.0 Å². The van der Waals surface area contributed by atoms with E-state index in [4.69, 9.17) is 14.2 Å². The molecule has 0 bridgehead atoms. The van der Waals surface area contributed by atoms with Gasteiger partial charge in [-0.05, 0) is 49.4 Å². The largest absolute Gasteiger partial charge is 0.481 e. The minimum absolute atomic E-state index is 0.0463. The van der Waals surface area contributed by atoms with Gasteiger partial charge in [-0.2, -0.15) is 0 Å². The molecule has 1 saturated heterocycles. The van der Waals surface area contributed by atoms with Gasteiger partial charge >= 0.3 is 0 Å². The Bertz CT molecular complexity index is 835. The van der Waals surface area contributed by atoms with Crippen molar-refractivity contribution in [1.82, 2.24) is 4.90 Å². The number of quaternary nitrogens is 1. The van der Waals surface area contributed by atoms with Crippen LogP contribution in [0.1, 0.15) is 12.5 Å². The first kappa shape index (κ1) is 19.1. The molecule has 7 heteroatoms. The topological polar surface area (TPSA) is 52.4 Å². The van der Waals surface area contributed by atoms with Crippen LogP contribution >= 0.6 is 15.9 Å². The Labute approximate surface area is 173 Å². The molecule has 2 heterocycles. The highest BCUT2D eigenvalue weighted by Gasteiger charge is 2.28. The first-order chi connectivity index (χ1) is 13.6. The summed E-state index contributed by atoms with van der Waals surface area (Å²) >= 11 is 3.40. The van der Waals surface area contributed by atoms with E-state index in [0.29, 0.717) is 12.5 Å². The van der Waals surface area contributed by atoms with Crippen molar-refractivity contribution < 1.29 is 23.9 Å². The summed E-state index contributed by atoms with van der Waals surface area (Å²) in [5.41, 5.74) is 1.23. The third-order valence-corrected chi connectivity index (χ3v) is 5.68. The average Bonchev–Trinajstić information content (AvgIpc) is 3.17. The number of piperazine rings is 1. The van der Waals surface area contributed by atoms with Gasteiger partial charge in [0.1, 0.15) is 12.3 Å². The number of amides is 1. The number of nitrogens with zero attached hydrogens (tertiary/aromatic N) is 1. The number of rotatable bonds is 5. The Morgan fingerprint density at radius 1 is 1.14 bits per heavy atom. The van der Waals surface area contributed by atoms with Gasteiger partial charge in [-0.15, -0.1) is 0 Å². The highest BCUT2D eigenvalue weighted by molar-refractivity contribution is 9.10. The van der Waals surface area contributed by atoms with Crippen LogP contribution in [0.3, 0.4) is 0 Å². The van der Waals surface area contributed by atoms with Gasteiger partial charge in [0.05, 0.1) is 26.2 Å². The lowest BCUT2D eigenvalue weighted by atomic mass is 10.1. The summed E-state index contributed by atoms with van der Waals surface area (Å²) in [7, 11) is 0. The summed E-state index contributed by atoms with van der Waals surface area (Å²) in [6.07, 6.45) is -0.489. The van der Waals surface area contributed by atoms with Crippen molar-refractivity contribution in [2.75, 3.05) is 33.0 Å². The van der Waals surface area contributed by atoms with Crippen LogP contribution < -0.4 is 19.1 Å². The molecule has 1 amide bonds. The third-order valence-electron chi connectivity index (χ3n) is 5.15. The molecule has 0 radical (unpaired) electrons. The lowest BCUT2D eigenvalue weighted by molar-refractivity contribution is -0.917. The number of nitrogens with one attached hydrogen (secondary N) is 1. The van der Waals surface area contributed by atoms with Crippen LogP contribution in [0.4, 0.5) is 0 Å². The van der Waals surface area contributed by atoms with Gasteiger partial charge in [-0.1, -0.05) is 15.9 Å². The van der Waals surface area contributed by atoms with E-state index in [-0.39, 0.29) is 5.91 Å². The summed E-state index contributed by atoms with van der Waals surface area (Å²) < 4.78 is 17.6. The highest BCUT2D eigenvalue weighted by atomic mass is 79.9. The second-order valence-corrected chi connectivity index (χ2v) is 8.07. The summed E-state index contributed by atoms with van der Waals surface area (Å²) in [4.78, 5) is 16.1.